The molecule has 1 rings (SSSR count). The van der Waals surface area contributed by atoms with Crippen LogP contribution in [0.1, 0.15) is 6.92 Å². The highest BCUT2D eigenvalue weighted by atomic mass is 32.2. The number of benzene rings is 1. The van der Waals surface area contributed by atoms with Crippen molar-refractivity contribution in [2.45, 2.75) is 22.8 Å². The fourth-order valence-electron chi connectivity index (χ4n) is 1.97. The number of thioether (sulfide) groups is 1. The lowest BCUT2D eigenvalue weighted by Gasteiger charge is -2.41. The van der Waals surface area contributed by atoms with Gasteiger partial charge in [0.25, 0.3) is 0 Å². The molecule has 0 saturated carbocycles. The molecule has 0 aliphatic heterocycles. The summed E-state index contributed by atoms with van der Waals surface area (Å²) in [5, 5.41) is 0. The molecule has 1 aromatic carbocycles. The Bertz CT molecular complexity index is 712. The first-order chi connectivity index (χ1) is 12.4. The first-order valence-electron chi connectivity index (χ1n) is 7.28. The van der Waals surface area contributed by atoms with Gasteiger partial charge in [-0.15, -0.1) is 0 Å². The molecular formula is C14H17F3NO7PS. The number of esters is 1. The third-order valence-electron chi connectivity index (χ3n) is 3.05. The molecule has 0 radical (unpaired) electrons. The van der Waals surface area contributed by atoms with E-state index in [1.54, 1.807) is 6.07 Å². The van der Waals surface area contributed by atoms with Crippen LogP contribution in [-0.2, 0) is 23.6 Å². The summed E-state index contributed by atoms with van der Waals surface area (Å²) in [4.78, 5) is 39.8. The van der Waals surface area contributed by atoms with Crippen molar-refractivity contribution in [3.63, 3.8) is 0 Å². The van der Waals surface area contributed by atoms with Crippen LogP contribution in [0.3, 0.4) is 0 Å². The Morgan fingerprint density at radius 1 is 1.22 bits per heavy atom. The maximum absolute atomic E-state index is 13.1. The number of hydrogen-bond acceptors (Lipinski definition) is 6. The van der Waals surface area contributed by atoms with Gasteiger partial charge in [-0.25, -0.2) is 0 Å². The van der Waals surface area contributed by atoms with Crippen molar-refractivity contribution in [3.8, 4) is 0 Å². The Labute approximate surface area is 156 Å². The van der Waals surface area contributed by atoms with Crippen LogP contribution in [0.15, 0.2) is 35.2 Å². The highest BCUT2D eigenvalue weighted by Crippen LogP contribution is 2.61. The van der Waals surface area contributed by atoms with Crippen molar-refractivity contribution in [2.24, 2.45) is 0 Å². The van der Waals surface area contributed by atoms with Crippen molar-refractivity contribution < 1.29 is 46.6 Å². The largest absolute Gasteiger partial charge is 0.471 e. The highest BCUT2D eigenvalue weighted by molar-refractivity contribution is 8.06. The normalized spacial score (nSPS) is 14.3. The Morgan fingerprint density at radius 3 is 2.19 bits per heavy atom. The van der Waals surface area contributed by atoms with Gasteiger partial charge in [0, 0.05) is 12.0 Å². The predicted octanol–water partition coefficient (Wildman–Crippen LogP) is 2.17. The van der Waals surface area contributed by atoms with Gasteiger partial charge in [-0.1, -0.05) is 30.0 Å². The summed E-state index contributed by atoms with van der Waals surface area (Å²) in [6.45, 7) is -0.224. The average Bonchev–Trinajstić information content (AvgIpc) is 2.56. The SMILES string of the molecule is CCOC(=O)CN(C(=O)C(F)(F)F)C(OC)(Sc1ccccc1)P(=O)(O)O. The maximum Gasteiger partial charge on any atom is 0.471 e. The second-order valence-corrected chi connectivity index (χ2v) is 8.13. The van der Waals surface area contributed by atoms with Crippen LogP contribution in [0.2, 0.25) is 0 Å². The van der Waals surface area contributed by atoms with E-state index in [-0.39, 0.29) is 28.2 Å². The quantitative estimate of drug-likeness (QED) is 0.279. The van der Waals surface area contributed by atoms with Crippen LogP contribution in [0.5, 0.6) is 0 Å². The first-order valence-corrected chi connectivity index (χ1v) is 9.71. The minimum Gasteiger partial charge on any atom is -0.465 e. The zero-order valence-corrected chi connectivity index (χ0v) is 15.9. The number of carbonyl (C=O) groups is 2. The van der Waals surface area contributed by atoms with Gasteiger partial charge in [0.2, 0.25) is 0 Å². The summed E-state index contributed by atoms with van der Waals surface area (Å²) in [6, 6.07) is 7.17. The molecule has 0 aliphatic rings. The number of nitrogens with zero attached hydrogens (tertiary/aromatic N) is 1. The summed E-state index contributed by atoms with van der Waals surface area (Å²) >= 11 is 0.168. The molecule has 1 aromatic rings. The minimum absolute atomic E-state index is 0.0894. The molecule has 152 valence electrons. The zero-order chi connectivity index (χ0) is 20.9. The van der Waals surface area contributed by atoms with Crippen molar-refractivity contribution >= 4 is 31.2 Å². The molecular weight excluding hydrogens is 414 g/mol. The van der Waals surface area contributed by atoms with E-state index < -0.39 is 37.0 Å². The van der Waals surface area contributed by atoms with Crippen molar-refractivity contribution in [2.75, 3.05) is 20.3 Å². The molecule has 27 heavy (non-hydrogen) atoms. The van der Waals surface area contributed by atoms with Crippen molar-refractivity contribution in [1.82, 2.24) is 4.90 Å². The summed E-state index contributed by atoms with van der Waals surface area (Å²) in [5.41, 5.74) is 0. The summed E-state index contributed by atoms with van der Waals surface area (Å²) in [5.74, 6) is -3.96. The van der Waals surface area contributed by atoms with Crippen molar-refractivity contribution in [3.05, 3.63) is 30.3 Å². The lowest BCUT2D eigenvalue weighted by Crippen LogP contribution is -2.56. The van der Waals surface area contributed by atoms with E-state index in [9.17, 15) is 37.1 Å². The van der Waals surface area contributed by atoms with Gasteiger partial charge in [0.05, 0.1) is 6.61 Å². The second kappa shape index (κ2) is 9.07. The third kappa shape index (κ3) is 5.69. The van der Waals surface area contributed by atoms with Crippen LogP contribution < -0.4 is 0 Å². The maximum atomic E-state index is 13.1. The Morgan fingerprint density at radius 2 is 1.78 bits per heavy atom. The molecule has 1 atom stereocenters. The predicted molar refractivity (Wildman–Crippen MR) is 88.5 cm³/mol. The molecule has 1 unspecified atom stereocenters. The lowest BCUT2D eigenvalue weighted by atomic mass is 10.4. The molecule has 1 amide bonds. The van der Waals surface area contributed by atoms with Gasteiger partial charge in [-0.2, -0.15) is 13.2 Å². The van der Waals surface area contributed by atoms with Gasteiger partial charge in [-0.3, -0.25) is 19.1 Å². The molecule has 0 fully saturated rings. The van der Waals surface area contributed by atoms with Gasteiger partial charge < -0.3 is 19.3 Å². The number of rotatable bonds is 8. The Kier molecular flexibility index (Phi) is 7.87. The molecule has 0 bridgehead atoms. The van der Waals surface area contributed by atoms with E-state index in [0.717, 1.165) is 7.11 Å². The molecule has 2 N–H and O–H groups in total. The van der Waals surface area contributed by atoms with Gasteiger partial charge in [-0.05, 0) is 19.1 Å². The Balaban J connectivity index is 3.54. The number of amides is 1. The van der Waals surface area contributed by atoms with Gasteiger partial charge >= 0.3 is 30.4 Å². The van der Waals surface area contributed by atoms with E-state index in [1.807, 2.05) is 0 Å². The van der Waals surface area contributed by atoms with E-state index >= 15 is 0 Å². The van der Waals surface area contributed by atoms with Gasteiger partial charge in [0.15, 0.2) is 0 Å². The van der Waals surface area contributed by atoms with Crippen LogP contribution >= 0.6 is 19.4 Å². The van der Waals surface area contributed by atoms with E-state index in [0.29, 0.717) is 0 Å². The topological polar surface area (TPSA) is 113 Å². The Hall–Kier alpha value is -1.59. The number of halogens is 3. The number of alkyl halides is 3. The standard InChI is InChI=1S/C14H17F3NO7PS/c1-3-25-11(19)9-18(12(20)13(15,16)17)14(24-2,26(21,22)23)27-10-7-5-4-6-8-10/h4-8H,3,9H2,1-2H3,(H2,21,22,23). The number of ether oxygens (including phenoxy) is 2. The van der Waals surface area contributed by atoms with E-state index in [2.05, 4.69) is 4.74 Å². The van der Waals surface area contributed by atoms with Crippen LogP contribution in [-0.4, -0.2) is 57.8 Å². The molecule has 8 nitrogen and oxygen atoms in total. The zero-order valence-electron chi connectivity index (χ0n) is 14.2. The van der Waals surface area contributed by atoms with Crippen LogP contribution in [0, 0.1) is 0 Å². The second-order valence-electron chi connectivity index (χ2n) is 4.91. The van der Waals surface area contributed by atoms with Crippen molar-refractivity contribution in [1.29, 1.82) is 0 Å². The molecule has 13 heteroatoms. The molecule has 0 aromatic heterocycles. The summed E-state index contributed by atoms with van der Waals surface area (Å²) in [7, 11) is -4.87. The smallest absolute Gasteiger partial charge is 0.465 e. The minimum atomic E-state index is -5.59. The van der Waals surface area contributed by atoms with Crippen LogP contribution in [0.4, 0.5) is 13.2 Å². The third-order valence-corrected chi connectivity index (χ3v) is 6.36. The average molecular weight is 431 g/mol. The summed E-state index contributed by atoms with van der Waals surface area (Å²) in [6.07, 6.45) is -5.53. The number of methoxy groups -OCH3 is 1. The molecule has 0 heterocycles. The molecule has 0 saturated heterocycles. The van der Waals surface area contributed by atoms with E-state index in [1.165, 1.54) is 31.2 Å². The highest BCUT2D eigenvalue weighted by Gasteiger charge is 2.61. The first kappa shape index (κ1) is 23.4. The fraction of sp³-hybridized carbons (Fsp3) is 0.429. The monoisotopic (exact) mass is 431 g/mol. The molecule has 0 spiro atoms. The lowest BCUT2D eigenvalue weighted by molar-refractivity contribution is -0.196. The number of carbonyl (C=O) groups excluding carboxylic acids is 2. The summed E-state index contributed by atoms with van der Waals surface area (Å²) < 4.78 is 60.6. The molecule has 0 aliphatic carbocycles. The van der Waals surface area contributed by atoms with Crippen LogP contribution in [0.25, 0.3) is 0 Å². The fourth-order valence-corrected chi connectivity index (χ4v) is 4.42. The van der Waals surface area contributed by atoms with E-state index in [4.69, 9.17) is 4.74 Å². The number of hydrogen-bond donors (Lipinski definition) is 2. The van der Waals surface area contributed by atoms with Gasteiger partial charge in [0.1, 0.15) is 6.54 Å².